The number of aromatic amines is 1. The van der Waals surface area contributed by atoms with Crippen LogP contribution < -0.4 is 16.0 Å². The number of nitrogens with one attached hydrogen (secondary N) is 4. The van der Waals surface area contributed by atoms with Gasteiger partial charge in [-0.05, 0) is 19.4 Å². The molecule has 1 aliphatic rings. The molecular weight excluding hydrogens is 316 g/mol. The van der Waals surface area contributed by atoms with Crippen molar-refractivity contribution in [2.45, 2.75) is 32.4 Å². The highest BCUT2D eigenvalue weighted by Crippen LogP contribution is 2.30. The largest absolute Gasteiger partial charge is 0.365 e. The Morgan fingerprint density at radius 2 is 2.12 bits per heavy atom. The third-order valence-corrected chi connectivity index (χ3v) is 4.39. The van der Waals surface area contributed by atoms with Gasteiger partial charge in [0.05, 0.1) is 22.6 Å². The van der Waals surface area contributed by atoms with Crippen molar-refractivity contribution in [3.63, 3.8) is 0 Å². The number of benzene rings is 1. The molecule has 0 bridgehead atoms. The SMILES string of the molecule is CC1Cc2nc(NC(=O)NC(C)c3ccccc3)cc3[nH]nc(c23)N1. The van der Waals surface area contributed by atoms with Gasteiger partial charge in [-0.15, -0.1) is 0 Å². The number of rotatable bonds is 3. The predicted octanol–water partition coefficient (Wildman–Crippen LogP) is 3.20. The van der Waals surface area contributed by atoms with Gasteiger partial charge in [0, 0.05) is 18.5 Å². The molecule has 0 fully saturated rings. The summed E-state index contributed by atoms with van der Waals surface area (Å²) in [5, 5.41) is 17.4. The third kappa shape index (κ3) is 3.00. The zero-order valence-electron chi connectivity index (χ0n) is 14.1. The third-order valence-electron chi connectivity index (χ3n) is 4.39. The number of amides is 2. The van der Waals surface area contributed by atoms with Crippen molar-refractivity contribution in [1.82, 2.24) is 20.5 Å². The van der Waals surface area contributed by atoms with Crippen LogP contribution in [-0.2, 0) is 6.42 Å². The van der Waals surface area contributed by atoms with E-state index in [1.165, 1.54) is 0 Å². The molecule has 2 amide bonds. The molecule has 7 nitrogen and oxygen atoms in total. The maximum Gasteiger partial charge on any atom is 0.320 e. The number of carbonyl (C=O) groups excluding carboxylic acids is 1. The molecule has 7 heteroatoms. The summed E-state index contributed by atoms with van der Waals surface area (Å²) in [5.41, 5.74) is 2.86. The summed E-state index contributed by atoms with van der Waals surface area (Å²) in [5.74, 6) is 1.34. The van der Waals surface area contributed by atoms with E-state index in [4.69, 9.17) is 0 Å². The van der Waals surface area contributed by atoms with E-state index >= 15 is 0 Å². The maximum absolute atomic E-state index is 12.3. The Labute approximate surface area is 145 Å². The monoisotopic (exact) mass is 336 g/mol. The number of anilines is 2. The molecule has 0 aliphatic carbocycles. The molecule has 0 saturated carbocycles. The van der Waals surface area contributed by atoms with Crippen molar-refractivity contribution in [2.75, 3.05) is 10.6 Å². The van der Waals surface area contributed by atoms with Crippen LogP contribution in [0.15, 0.2) is 36.4 Å². The summed E-state index contributed by atoms with van der Waals surface area (Å²) in [6, 6.07) is 11.5. The number of H-pyrrole nitrogens is 1. The van der Waals surface area contributed by atoms with Gasteiger partial charge in [0.15, 0.2) is 5.82 Å². The number of urea groups is 1. The first-order valence-corrected chi connectivity index (χ1v) is 8.37. The topological polar surface area (TPSA) is 94.7 Å². The van der Waals surface area contributed by atoms with E-state index in [1.54, 1.807) is 6.07 Å². The van der Waals surface area contributed by atoms with Crippen molar-refractivity contribution in [2.24, 2.45) is 0 Å². The smallest absolute Gasteiger partial charge is 0.320 e. The first kappa shape index (κ1) is 15.4. The van der Waals surface area contributed by atoms with Crippen LogP contribution in [0.4, 0.5) is 16.4 Å². The van der Waals surface area contributed by atoms with Crippen LogP contribution in [0.3, 0.4) is 0 Å². The summed E-state index contributed by atoms with van der Waals surface area (Å²) in [6.45, 7) is 4.03. The van der Waals surface area contributed by atoms with Crippen LogP contribution in [0.25, 0.3) is 10.9 Å². The quantitative estimate of drug-likeness (QED) is 0.591. The number of nitrogens with zero attached hydrogens (tertiary/aromatic N) is 2. The van der Waals surface area contributed by atoms with E-state index in [-0.39, 0.29) is 18.1 Å². The Bertz CT molecular complexity index is 920. The molecule has 3 aromatic rings. The van der Waals surface area contributed by atoms with Gasteiger partial charge >= 0.3 is 6.03 Å². The predicted molar refractivity (Wildman–Crippen MR) is 97.7 cm³/mol. The second kappa shape index (κ2) is 6.08. The minimum atomic E-state index is -0.280. The Hall–Kier alpha value is -3.09. The average Bonchev–Trinajstić information content (AvgIpc) is 2.99. The van der Waals surface area contributed by atoms with Crippen molar-refractivity contribution in [3.05, 3.63) is 47.7 Å². The van der Waals surface area contributed by atoms with E-state index in [0.29, 0.717) is 5.82 Å². The van der Waals surface area contributed by atoms with Gasteiger partial charge in [0.2, 0.25) is 0 Å². The van der Waals surface area contributed by atoms with Crippen LogP contribution in [-0.4, -0.2) is 27.3 Å². The Kier molecular flexibility index (Phi) is 3.76. The minimum Gasteiger partial charge on any atom is -0.365 e. The fourth-order valence-corrected chi connectivity index (χ4v) is 3.19. The van der Waals surface area contributed by atoms with E-state index in [0.717, 1.165) is 34.4 Å². The minimum absolute atomic E-state index is 0.0914. The average molecular weight is 336 g/mol. The van der Waals surface area contributed by atoms with Crippen molar-refractivity contribution in [1.29, 1.82) is 0 Å². The summed E-state index contributed by atoms with van der Waals surface area (Å²) in [4.78, 5) is 16.9. The van der Waals surface area contributed by atoms with Crippen molar-refractivity contribution < 1.29 is 4.79 Å². The van der Waals surface area contributed by atoms with Gasteiger partial charge in [-0.25, -0.2) is 9.78 Å². The molecular formula is C18H20N6O. The van der Waals surface area contributed by atoms with Gasteiger partial charge in [-0.2, -0.15) is 5.10 Å². The molecule has 4 N–H and O–H groups in total. The first-order valence-electron chi connectivity index (χ1n) is 8.37. The second-order valence-electron chi connectivity index (χ2n) is 6.43. The van der Waals surface area contributed by atoms with E-state index in [1.807, 2.05) is 37.3 Å². The maximum atomic E-state index is 12.3. The fourth-order valence-electron chi connectivity index (χ4n) is 3.19. The van der Waals surface area contributed by atoms with E-state index < -0.39 is 0 Å². The highest BCUT2D eigenvalue weighted by molar-refractivity contribution is 5.96. The molecule has 0 spiro atoms. The zero-order chi connectivity index (χ0) is 17.4. The Morgan fingerprint density at radius 1 is 1.32 bits per heavy atom. The molecule has 2 atom stereocenters. The fraction of sp³-hybridized carbons (Fsp3) is 0.278. The Morgan fingerprint density at radius 3 is 2.92 bits per heavy atom. The van der Waals surface area contributed by atoms with Crippen molar-refractivity contribution >= 4 is 28.6 Å². The lowest BCUT2D eigenvalue weighted by atomic mass is 10.0. The Balaban J connectivity index is 1.52. The van der Waals surface area contributed by atoms with E-state index in [9.17, 15) is 4.79 Å². The lowest BCUT2D eigenvalue weighted by Gasteiger charge is -2.20. The van der Waals surface area contributed by atoms with Crippen LogP contribution >= 0.6 is 0 Å². The first-order chi connectivity index (χ1) is 12.1. The summed E-state index contributed by atoms with van der Waals surface area (Å²) in [6.07, 6.45) is 0.792. The molecule has 3 heterocycles. The van der Waals surface area contributed by atoms with Crippen LogP contribution in [0.1, 0.15) is 31.1 Å². The number of hydrogen-bond acceptors (Lipinski definition) is 4. The summed E-state index contributed by atoms with van der Waals surface area (Å²) < 4.78 is 0. The highest BCUT2D eigenvalue weighted by Gasteiger charge is 2.22. The van der Waals surface area contributed by atoms with Gasteiger partial charge in [-0.1, -0.05) is 30.3 Å². The number of carbonyl (C=O) groups is 1. The van der Waals surface area contributed by atoms with Crippen molar-refractivity contribution in [3.8, 4) is 0 Å². The van der Waals surface area contributed by atoms with Gasteiger partial charge in [-0.3, -0.25) is 10.4 Å². The molecule has 2 aromatic heterocycles. The van der Waals surface area contributed by atoms with Gasteiger partial charge < -0.3 is 10.6 Å². The number of aromatic nitrogens is 3. The number of hydrogen-bond donors (Lipinski definition) is 4. The van der Waals surface area contributed by atoms with E-state index in [2.05, 4.69) is 38.1 Å². The summed E-state index contributed by atoms with van der Waals surface area (Å²) in [7, 11) is 0. The molecule has 2 unspecified atom stereocenters. The second-order valence-corrected chi connectivity index (χ2v) is 6.43. The zero-order valence-corrected chi connectivity index (χ0v) is 14.1. The normalized spacial score (nSPS) is 17.0. The summed E-state index contributed by atoms with van der Waals surface area (Å²) >= 11 is 0. The van der Waals surface area contributed by atoms with Gasteiger partial charge in [0.25, 0.3) is 0 Å². The molecule has 128 valence electrons. The van der Waals surface area contributed by atoms with Crippen LogP contribution in [0.2, 0.25) is 0 Å². The lowest BCUT2D eigenvalue weighted by Crippen LogP contribution is -2.31. The lowest BCUT2D eigenvalue weighted by molar-refractivity contribution is 0.249. The molecule has 0 radical (unpaired) electrons. The molecule has 0 saturated heterocycles. The van der Waals surface area contributed by atoms with Crippen LogP contribution in [0.5, 0.6) is 0 Å². The molecule has 25 heavy (non-hydrogen) atoms. The molecule has 4 rings (SSSR count). The highest BCUT2D eigenvalue weighted by atomic mass is 16.2. The molecule has 1 aromatic carbocycles. The molecule has 1 aliphatic heterocycles. The van der Waals surface area contributed by atoms with Crippen LogP contribution in [0, 0.1) is 0 Å². The number of pyridine rings is 1. The standard InChI is InChI=1S/C18H20N6O/c1-10-8-13-16-14(23-24-17(16)19-10)9-15(21-13)22-18(25)20-11(2)12-6-4-3-5-7-12/h3-7,9-11H,8H2,1-2H3,(H2,19,23,24)(H2,20,21,22,25). The van der Waals surface area contributed by atoms with Gasteiger partial charge in [0.1, 0.15) is 5.82 Å².